The summed E-state index contributed by atoms with van der Waals surface area (Å²) in [6.07, 6.45) is 2.45. The Bertz CT molecular complexity index is 911. The number of hydrogen-bond acceptors (Lipinski definition) is 5. The molecular weight excluding hydrogens is 394 g/mol. The van der Waals surface area contributed by atoms with Gasteiger partial charge in [-0.05, 0) is 38.3 Å². The second-order valence-electron chi connectivity index (χ2n) is 8.32. The quantitative estimate of drug-likeness (QED) is 0.734. The van der Waals surface area contributed by atoms with Crippen LogP contribution in [0.4, 0.5) is 10.7 Å². The molecule has 8 nitrogen and oxygen atoms in total. The van der Waals surface area contributed by atoms with E-state index in [2.05, 4.69) is 34.6 Å². The number of hydrogen-bond donors (Lipinski definition) is 0. The first-order chi connectivity index (χ1) is 15.1. The Morgan fingerprint density at radius 3 is 2.35 bits per heavy atom. The van der Waals surface area contributed by atoms with Gasteiger partial charge in [-0.25, -0.2) is 9.78 Å². The summed E-state index contributed by atoms with van der Waals surface area (Å²) in [4.78, 5) is 35.8. The van der Waals surface area contributed by atoms with Crippen molar-refractivity contribution in [3.63, 3.8) is 0 Å². The van der Waals surface area contributed by atoms with Gasteiger partial charge in [-0.1, -0.05) is 19.1 Å². The predicted octanol–water partition coefficient (Wildman–Crippen LogP) is 2.96. The molecule has 168 valence electrons. The van der Waals surface area contributed by atoms with Crippen LogP contribution in [0, 0.1) is 5.92 Å². The summed E-state index contributed by atoms with van der Waals surface area (Å²) in [6, 6.07) is 8.29. The maximum atomic E-state index is 13.1. The van der Waals surface area contributed by atoms with Crippen molar-refractivity contribution in [1.29, 1.82) is 0 Å². The number of anilines is 1. The largest absolute Gasteiger partial charge is 0.450 e. The van der Waals surface area contributed by atoms with Crippen LogP contribution in [-0.2, 0) is 16.1 Å². The Kier molecular flexibility index (Phi) is 6.63. The zero-order valence-corrected chi connectivity index (χ0v) is 18.6. The van der Waals surface area contributed by atoms with Gasteiger partial charge >= 0.3 is 6.09 Å². The number of aryl methyl sites for hydroxylation is 1. The van der Waals surface area contributed by atoms with Gasteiger partial charge in [0, 0.05) is 51.7 Å². The van der Waals surface area contributed by atoms with Gasteiger partial charge in [0.1, 0.15) is 0 Å². The molecule has 2 aliphatic rings. The third-order valence-corrected chi connectivity index (χ3v) is 6.33. The van der Waals surface area contributed by atoms with Crippen molar-refractivity contribution >= 4 is 29.0 Å². The van der Waals surface area contributed by atoms with E-state index in [0.717, 1.165) is 50.4 Å². The minimum absolute atomic E-state index is 0.0504. The lowest BCUT2D eigenvalue weighted by molar-refractivity contribution is -0.137. The fourth-order valence-corrected chi connectivity index (χ4v) is 4.66. The lowest BCUT2D eigenvalue weighted by Gasteiger charge is -2.38. The summed E-state index contributed by atoms with van der Waals surface area (Å²) in [5.74, 6) is 1.30. The average molecular weight is 428 g/mol. The van der Waals surface area contributed by atoms with E-state index in [1.165, 1.54) is 5.52 Å². The lowest BCUT2D eigenvalue weighted by atomic mass is 9.95. The minimum Gasteiger partial charge on any atom is -0.450 e. The number of piperidine rings is 1. The summed E-state index contributed by atoms with van der Waals surface area (Å²) in [5, 5.41) is 0. The molecular formula is C23H33N5O3. The number of piperazine rings is 1. The van der Waals surface area contributed by atoms with E-state index < -0.39 is 0 Å². The number of amides is 2. The highest BCUT2D eigenvalue weighted by atomic mass is 16.6. The maximum Gasteiger partial charge on any atom is 0.409 e. The normalized spacial score (nSPS) is 17.9. The Morgan fingerprint density at radius 2 is 1.68 bits per heavy atom. The van der Waals surface area contributed by atoms with Crippen LogP contribution in [0.5, 0.6) is 0 Å². The maximum absolute atomic E-state index is 13.1. The zero-order valence-electron chi connectivity index (χ0n) is 18.6. The molecule has 0 atom stereocenters. The molecule has 8 heteroatoms. The zero-order chi connectivity index (χ0) is 21.8. The van der Waals surface area contributed by atoms with Crippen molar-refractivity contribution in [3.05, 3.63) is 24.3 Å². The molecule has 2 aliphatic heterocycles. The molecule has 31 heavy (non-hydrogen) atoms. The first-order valence-corrected chi connectivity index (χ1v) is 11.5. The summed E-state index contributed by atoms with van der Waals surface area (Å²) >= 11 is 0. The van der Waals surface area contributed by atoms with Gasteiger partial charge in [0.25, 0.3) is 0 Å². The Balaban J connectivity index is 1.35. The minimum atomic E-state index is -0.280. The predicted molar refractivity (Wildman–Crippen MR) is 120 cm³/mol. The highest BCUT2D eigenvalue weighted by molar-refractivity contribution is 5.80. The smallest absolute Gasteiger partial charge is 0.409 e. The number of rotatable bonds is 5. The van der Waals surface area contributed by atoms with E-state index in [-0.39, 0.29) is 17.9 Å². The molecule has 0 aliphatic carbocycles. The molecule has 0 N–H and O–H groups in total. The van der Waals surface area contributed by atoms with Crippen molar-refractivity contribution < 1.29 is 14.3 Å². The molecule has 4 rings (SSSR count). The van der Waals surface area contributed by atoms with E-state index in [1.807, 2.05) is 11.0 Å². The van der Waals surface area contributed by atoms with Gasteiger partial charge in [0.05, 0.1) is 17.6 Å². The van der Waals surface area contributed by atoms with Crippen LogP contribution in [0.2, 0.25) is 0 Å². The van der Waals surface area contributed by atoms with Crippen molar-refractivity contribution in [2.75, 3.05) is 50.8 Å². The fraction of sp³-hybridized carbons (Fsp3) is 0.609. The fourth-order valence-electron chi connectivity index (χ4n) is 4.66. The SMILES string of the molecule is CCCn1c(N2CCC(C(=O)N3CCN(C(=O)OCC)CC3)CC2)nc2ccccc21. The summed E-state index contributed by atoms with van der Waals surface area (Å²) in [7, 11) is 0. The van der Waals surface area contributed by atoms with Crippen LogP contribution in [0.15, 0.2) is 24.3 Å². The number of carbonyl (C=O) groups excluding carboxylic acids is 2. The van der Waals surface area contributed by atoms with Crippen molar-refractivity contribution in [2.24, 2.45) is 5.92 Å². The van der Waals surface area contributed by atoms with Gasteiger partial charge in [-0.2, -0.15) is 0 Å². The molecule has 2 fully saturated rings. The molecule has 0 bridgehead atoms. The number of nitrogens with zero attached hydrogens (tertiary/aromatic N) is 5. The van der Waals surface area contributed by atoms with Crippen LogP contribution >= 0.6 is 0 Å². The molecule has 1 aromatic heterocycles. The Hall–Kier alpha value is -2.77. The molecule has 2 aromatic rings. The van der Waals surface area contributed by atoms with E-state index in [0.29, 0.717) is 32.8 Å². The number of imidazole rings is 1. The Labute approximate surface area is 183 Å². The summed E-state index contributed by atoms with van der Waals surface area (Å²) in [5.41, 5.74) is 2.21. The average Bonchev–Trinajstić information content (AvgIpc) is 3.18. The molecule has 1 aromatic carbocycles. The molecule has 2 saturated heterocycles. The van der Waals surface area contributed by atoms with E-state index >= 15 is 0 Å². The lowest BCUT2D eigenvalue weighted by Crippen LogP contribution is -2.53. The third-order valence-electron chi connectivity index (χ3n) is 6.33. The molecule has 0 unspecified atom stereocenters. The van der Waals surface area contributed by atoms with E-state index in [9.17, 15) is 9.59 Å². The monoisotopic (exact) mass is 427 g/mol. The second-order valence-corrected chi connectivity index (χ2v) is 8.32. The molecule has 0 saturated carbocycles. The van der Waals surface area contributed by atoms with Gasteiger partial charge < -0.3 is 24.0 Å². The Morgan fingerprint density at radius 1 is 1.00 bits per heavy atom. The number of carbonyl (C=O) groups is 2. The van der Waals surface area contributed by atoms with Crippen LogP contribution < -0.4 is 4.90 Å². The van der Waals surface area contributed by atoms with Crippen molar-refractivity contribution in [3.8, 4) is 0 Å². The van der Waals surface area contributed by atoms with Gasteiger partial charge in [0.2, 0.25) is 11.9 Å². The van der Waals surface area contributed by atoms with E-state index in [1.54, 1.807) is 11.8 Å². The highest BCUT2D eigenvalue weighted by Crippen LogP contribution is 2.28. The van der Waals surface area contributed by atoms with Crippen molar-refractivity contribution in [2.45, 2.75) is 39.7 Å². The summed E-state index contributed by atoms with van der Waals surface area (Å²) in [6.45, 7) is 9.26. The number of para-hydroxylation sites is 2. The molecule has 0 spiro atoms. The van der Waals surface area contributed by atoms with Gasteiger partial charge in [-0.15, -0.1) is 0 Å². The molecule has 3 heterocycles. The van der Waals surface area contributed by atoms with Crippen LogP contribution in [-0.4, -0.2) is 77.2 Å². The first kappa shape index (κ1) is 21.5. The van der Waals surface area contributed by atoms with E-state index in [4.69, 9.17) is 9.72 Å². The van der Waals surface area contributed by atoms with Crippen molar-refractivity contribution in [1.82, 2.24) is 19.4 Å². The van der Waals surface area contributed by atoms with Gasteiger partial charge in [-0.3, -0.25) is 4.79 Å². The standard InChI is InChI=1S/C23H33N5O3/c1-3-11-28-20-8-6-5-7-19(20)24-22(28)26-12-9-18(10-13-26)21(29)25-14-16-27(17-15-25)23(30)31-4-2/h5-8,18H,3-4,9-17H2,1-2H3. The van der Waals surface area contributed by atoms with Crippen LogP contribution in [0.25, 0.3) is 11.0 Å². The topological polar surface area (TPSA) is 70.9 Å². The molecule has 0 radical (unpaired) electrons. The number of ether oxygens (including phenoxy) is 1. The van der Waals surface area contributed by atoms with Gasteiger partial charge in [0.15, 0.2) is 0 Å². The molecule has 2 amide bonds. The highest BCUT2D eigenvalue weighted by Gasteiger charge is 2.32. The second kappa shape index (κ2) is 9.58. The third kappa shape index (κ3) is 4.48. The first-order valence-electron chi connectivity index (χ1n) is 11.5. The summed E-state index contributed by atoms with van der Waals surface area (Å²) < 4.78 is 7.38. The number of benzene rings is 1. The number of fused-ring (bicyclic) bond motifs is 1. The van der Waals surface area contributed by atoms with Crippen LogP contribution in [0.1, 0.15) is 33.1 Å². The van der Waals surface area contributed by atoms with Crippen LogP contribution in [0.3, 0.4) is 0 Å². The number of aromatic nitrogens is 2.